The van der Waals surface area contributed by atoms with E-state index in [1.54, 1.807) is 11.3 Å². The van der Waals surface area contributed by atoms with Crippen LogP contribution in [0.2, 0.25) is 0 Å². The van der Waals surface area contributed by atoms with Crippen molar-refractivity contribution in [3.8, 4) is 0 Å². The van der Waals surface area contributed by atoms with Crippen LogP contribution in [0.4, 0.5) is 8.78 Å². The van der Waals surface area contributed by atoms with Crippen LogP contribution in [-0.4, -0.2) is 4.98 Å². The minimum absolute atomic E-state index is 0.478. The van der Waals surface area contributed by atoms with Gasteiger partial charge in [0.05, 0.1) is 5.01 Å². The first-order valence-electron chi connectivity index (χ1n) is 8.52. The summed E-state index contributed by atoms with van der Waals surface area (Å²) in [6.07, 6.45) is 9.52. The summed E-state index contributed by atoms with van der Waals surface area (Å²) in [7, 11) is 0. The predicted octanol–water partition coefficient (Wildman–Crippen LogP) is 6.48. The molecule has 0 aliphatic rings. The molecule has 2 aromatic rings. The van der Waals surface area contributed by atoms with E-state index in [-0.39, 0.29) is 0 Å². The SMILES string of the molecule is CCCCC(CCCC)c1ncc(Cc2ccc(F)cc2F)s1. The molecular weight excluding hydrogens is 312 g/mol. The molecule has 0 fully saturated rings. The molecule has 0 saturated heterocycles. The molecule has 1 nitrogen and oxygen atoms in total. The lowest BCUT2D eigenvalue weighted by molar-refractivity contribution is 0.523. The average Bonchev–Trinajstić information content (AvgIpc) is 2.99. The van der Waals surface area contributed by atoms with Crippen LogP contribution in [0, 0.1) is 11.6 Å². The van der Waals surface area contributed by atoms with Crippen LogP contribution in [0.3, 0.4) is 0 Å². The highest BCUT2D eigenvalue weighted by atomic mass is 32.1. The van der Waals surface area contributed by atoms with Gasteiger partial charge in [-0.05, 0) is 24.5 Å². The normalized spacial score (nSPS) is 11.3. The van der Waals surface area contributed by atoms with Gasteiger partial charge in [0.15, 0.2) is 0 Å². The summed E-state index contributed by atoms with van der Waals surface area (Å²) in [5.74, 6) is -0.490. The summed E-state index contributed by atoms with van der Waals surface area (Å²) in [6, 6.07) is 3.78. The van der Waals surface area contributed by atoms with Crippen LogP contribution in [0.5, 0.6) is 0 Å². The maximum Gasteiger partial charge on any atom is 0.129 e. The third-order valence-electron chi connectivity index (χ3n) is 4.11. The molecule has 23 heavy (non-hydrogen) atoms. The molecule has 4 heteroatoms. The van der Waals surface area contributed by atoms with Crippen molar-refractivity contribution in [2.24, 2.45) is 0 Å². The fraction of sp³-hybridized carbons (Fsp3) is 0.526. The Morgan fingerprint density at radius 1 is 1.09 bits per heavy atom. The van der Waals surface area contributed by atoms with E-state index in [0.29, 0.717) is 17.9 Å². The third kappa shape index (κ3) is 5.38. The van der Waals surface area contributed by atoms with Gasteiger partial charge >= 0.3 is 0 Å². The van der Waals surface area contributed by atoms with Gasteiger partial charge in [-0.1, -0.05) is 45.6 Å². The number of nitrogens with zero attached hydrogens (tertiary/aromatic N) is 1. The molecule has 0 saturated carbocycles. The first-order valence-corrected chi connectivity index (χ1v) is 9.34. The Kier molecular flexibility index (Phi) is 7.15. The molecule has 0 bridgehead atoms. The van der Waals surface area contributed by atoms with Crippen molar-refractivity contribution < 1.29 is 8.78 Å². The van der Waals surface area contributed by atoms with Gasteiger partial charge < -0.3 is 0 Å². The molecule has 0 amide bonds. The van der Waals surface area contributed by atoms with E-state index in [0.717, 1.165) is 10.9 Å². The second-order valence-electron chi connectivity index (χ2n) is 6.06. The summed E-state index contributed by atoms with van der Waals surface area (Å²) in [4.78, 5) is 5.63. The molecular formula is C19H25F2NS. The van der Waals surface area contributed by atoms with E-state index in [4.69, 9.17) is 0 Å². The van der Waals surface area contributed by atoms with Crippen LogP contribution < -0.4 is 0 Å². The minimum atomic E-state index is -0.532. The second-order valence-corrected chi connectivity index (χ2v) is 7.21. The number of benzene rings is 1. The van der Waals surface area contributed by atoms with Gasteiger partial charge in [-0.3, -0.25) is 0 Å². The van der Waals surface area contributed by atoms with E-state index in [2.05, 4.69) is 18.8 Å². The Morgan fingerprint density at radius 3 is 2.39 bits per heavy atom. The van der Waals surface area contributed by atoms with Crippen LogP contribution in [0.15, 0.2) is 24.4 Å². The summed E-state index contributed by atoms with van der Waals surface area (Å²) in [5.41, 5.74) is 0.528. The van der Waals surface area contributed by atoms with Crippen molar-refractivity contribution in [3.63, 3.8) is 0 Å². The van der Waals surface area contributed by atoms with Gasteiger partial charge in [-0.25, -0.2) is 13.8 Å². The first-order chi connectivity index (χ1) is 11.1. The van der Waals surface area contributed by atoms with Crippen molar-refractivity contribution in [2.75, 3.05) is 0 Å². The monoisotopic (exact) mass is 337 g/mol. The number of thiazole rings is 1. The summed E-state index contributed by atoms with van der Waals surface area (Å²) in [6.45, 7) is 4.42. The lowest BCUT2D eigenvalue weighted by Gasteiger charge is -2.13. The number of hydrogen-bond acceptors (Lipinski definition) is 2. The van der Waals surface area contributed by atoms with Gasteiger partial charge in [0.2, 0.25) is 0 Å². The topological polar surface area (TPSA) is 12.9 Å². The molecule has 2 rings (SSSR count). The highest BCUT2D eigenvalue weighted by Gasteiger charge is 2.16. The molecule has 0 radical (unpaired) electrons. The van der Waals surface area contributed by atoms with Crippen molar-refractivity contribution in [2.45, 2.75) is 64.7 Å². The minimum Gasteiger partial charge on any atom is -0.249 e. The molecule has 0 spiro atoms. The quantitative estimate of drug-likeness (QED) is 0.510. The lowest BCUT2D eigenvalue weighted by Crippen LogP contribution is -1.98. The van der Waals surface area contributed by atoms with Gasteiger partial charge in [-0.2, -0.15) is 0 Å². The first kappa shape index (κ1) is 18.1. The molecule has 1 aromatic heterocycles. The van der Waals surface area contributed by atoms with Crippen LogP contribution in [0.1, 0.15) is 73.7 Å². The maximum atomic E-state index is 13.8. The number of halogens is 2. The smallest absolute Gasteiger partial charge is 0.129 e. The van der Waals surface area contributed by atoms with Crippen molar-refractivity contribution in [1.29, 1.82) is 0 Å². The molecule has 0 N–H and O–H groups in total. The highest BCUT2D eigenvalue weighted by molar-refractivity contribution is 7.11. The van der Waals surface area contributed by atoms with Crippen LogP contribution in [-0.2, 0) is 6.42 Å². The number of hydrogen-bond donors (Lipinski definition) is 0. The van der Waals surface area contributed by atoms with Crippen molar-refractivity contribution in [3.05, 3.63) is 51.5 Å². The third-order valence-corrected chi connectivity index (χ3v) is 5.27. The summed E-state index contributed by atoms with van der Waals surface area (Å²) < 4.78 is 26.8. The van der Waals surface area contributed by atoms with Gasteiger partial charge in [-0.15, -0.1) is 11.3 Å². The number of rotatable bonds is 9. The largest absolute Gasteiger partial charge is 0.249 e. The zero-order valence-electron chi connectivity index (χ0n) is 13.9. The fourth-order valence-corrected chi connectivity index (χ4v) is 3.85. The maximum absolute atomic E-state index is 13.8. The van der Waals surface area contributed by atoms with E-state index < -0.39 is 11.6 Å². The van der Waals surface area contributed by atoms with E-state index in [9.17, 15) is 8.78 Å². The van der Waals surface area contributed by atoms with Gasteiger partial charge in [0, 0.05) is 29.5 Å². The van der Waals surface area contributed by atoms with Gasteiger partial charge in [0.1, 0.15) is 11.6 Å². The number of aromatic nitrogens is 1. The summed E-state index contributed by atoms with van der Waals surface area (Å²) in [5, 5.41) is 1.17. The molecule has 1 aromatic carbocycles. The zero-order valence-corrected chi connectivity index (χ0v) is 14.8. The number of unbranched alkanes of at least 4 members (excludes halogenated alkanes) is 2. The predicted molar refractivity (Wildman–Crippen MR) is 93.1 cm³/mol. The zero-order chi connectivity index (χ0) is 16.7. The lowest BCUT2D eigenvalue weighted by atomic mass is 9.97. The molecule has 0 atom stereocenters. The molecule has 1 heterocycles. The Labute approximate surface area is 141 Å². The van der Waals surface area contributed by atoms with Crippen molar-refractivity contribution in [1.82, 2.24) is 4.98 Å². The Bertz CT molecular complexity index is 601. The molecule has 0 aliphatic heterocycles. The van der Waals surface area contributed by atoms with Gasteiger partial charge in [0.25, 0.3) is 0 Å². The highest BCUT2D eigenvalue weighted by Crippen LogP contribution is 2.31. The Balaban J connectivity index is 2.07. The fourth-order valence-electron chi connectivity index (χ4n) is 2.74. The standard InChI is InChI=1S/C19H25F2NS/c1-3-5-7-14(8-6-4-2)19-22-13-17(23-19)11-15-9-10-16(20)12-18(15)21/h9-10,12-14H,3-8,11H2,1-2H3. The van der Waals surface area contributed by atoms with Crippen LogP contribution >= 0.6 is 11.3 Å². The van der Waals surface area contributed by atoms with Crippen LogP contribution in [0.25, 0.3) is 0 Å². The van der Waals surface area contributed by atoms with E-state index in [1.807, 2.05) is 6.20 Å². The van der Waals surface area contributed by atoms with Crippen molar-refractivity contribution >= 4 is 11.3 Å². The Hall–Kier alpha value is -1.29. The van der Waals surface area contributed by atoms with E-state index in [1.165, 1.54) is 55.7 Å². The summed E-state index contributed by atoms with van der Waals surface area (Å²) >= 11 is 1.68. The van der Waals surface area contributed by atoms with E-state index >= 15 is 0 Å². The molecule has 126 valence electrons. The Morgan fingerprint density at radius 2 is 1.78 bits per heavy atom. The molecule has 0 unspecified atom stereocenters. The molecule has 0 aliphatic carbocycles. The second kappa shape index (κ2) is 9.11. The average molecular weight is 337 g/mol.